The van der Waals surface area contributed by atoms with E-state index in [1.807, 2.05) is 30.3 Å². The second-order valence-corrected chi connectivity index (χ2v) is 7.09. The summed E-state index contributed by atoms with van der Waals surface area (Å²) in [4.78, 5) is 22.3. The van der Waals surface area contributed by atoms with Gasteiger partial charge in [-0.25, -0.2) is 0 Å². The highest BCUT2D eigenvalue weighted by Gasteiger charge is 2.44. The molecular formula is C20H20F3N3O3. The number of nitro groups is 1. The number of benzene rings is 2. The van der Waals surface area contributed by atoms with Crippen LogP contribution in [-0.4, -0.2) is 23.9 Å². The molecule has 0 radical (unpaired) electrons. The van der Waals surface area contributed by atoms with E-state index >= 15 is 0 Å². The molecule has 0 saturated heterocycles. The number of hydrogen-bond acceptors (Lipinski definition) is 4. The standard InChI is InChI=1S/C20H20F3N3O3/c21-20(22,23)15-6-7-16(17(12-15)26(28)29)24-11-8-18(27)25-13-19(9-10-19)14-4-2-1-3-5-14/h1-7,12,24H,8-11,13H2,(H,25,27). The Labute approximate surface area is 165 Å². The van der Waals surface area contributed by atoms with Crippen LogP contribution in [-0.2, 0) is 16.4 Å². The van der Waals surface area contributed by atoms with Crippen LogP contribution in [0.1, 0.15) is 30.4 Å². The minimum absolute atomic E-state index is 0.0312. The van der Waals surface area contributed by atoms with Crippen molar-refractivity contribution in [3.63, 3.8) is 0 Å². The number of nitrogens with zero attached hydrogens (tertiary/aromatic N) is 1. The van der Waals surface area contributed by atoms with Crippen LogP contribution in [0, 0.1) is 10.1 Å². The zero-order valence-electron chi connectivity index (χ0n) is 15.5. The molecule has 1 saturated carbocycles. The predicted octanol–water partition coefficient (Wildman–Crippen LogP) is 4.26. The summed E-state index contributed by atoms with van der Waals surface area (Å²) in [6, 6.07) is 12.2. The molecule has 2 aromatic rings. The van der Waals surface area contributed by atoms with Crippen molar-refractivity contribution in [1.29, 1.82) is 0 Å². The van der Waals surface area contributed by atoms with Gasteiger partial charge >= 0.3 is 6.18 Å². The lowest BCUT2D eigenvalue weighted by molar-refractivity contribution is -0.384. The zero-order chi connectivity index (χ0) is 21.1. The van der Waals surface area contributed by atoms with Gasteiger partial charge in [-0.2, -0.15) is 13.2 Å². The fourth-order valence-corrected chi connectivity index (χ4v) is 3.19. The number of anilines is 1. The molecule has 1 aliphatic rings. The molecule has 0 aliphatic heterocycles. The van der Waals surface area contributed by atoms with Crippen LogP contribution in [0.4, 0.5) is 24.5 Å². The summed E-state index contributed by atoms with van der Waals surface area (Å²) < 4.78 is 38.2. The summed E-state index contributed by atoms with van der Waals surface area (Å²) in [5.41, 5.74) is -0.682. The molecule has 0 aromatic heterocycles. The molecule has 2 aromatic carbocycles. The van der Waals surface area contributed by atoms with Crippen LogP contribution in [0.15, 0.2) is 48.5 Å². The van der Waals surface area contributed by atoms with Gasteiger partial charge in [0.05, 0.1) is 10.5 Å². The molecule has 0 spiro atoms. The van der Waals surface area contributed by atoms with Gasteiger partial charge in [-0.3, -0.25) is 14.9 Å². The first-order valence-corrected chi connectivity index (χ1v) is 9.13. The van der Waals surface area contributed by atoms with Gasteiger partial charge in [0.2, 0.25) is 5.91 Å². The van der Waals surface area contributed by atoms with Gasteiger partial charge in [-0.05, 0) is 30.5 Å². The van der Waals surface area contributed by atoms with E-state index in [0.717, 1.165) is 25.0 Å². The topological polar surface area (TPSA) is 84.3 Å². The Kier molecular flexibility index (Phi) is 5.76. The van der Waals surface area contributed by atoms with E-state index in [1.54, 1.807) is 0 Å². The first-order chi connectivity index (χ1) is 13.7. The first-order valence-electron chi connectivity index (χ1n) is 9.13. The molecule has 1 amide bonds. The molecule has 0 bridgehead atoms. The van der Waals surface area contributed by atoms with E-state index in [4.69, 9.17) is 0 Å². The monoisotopic (exact) mass is 407 g/mol. The van der Waals surface area contributed by atoms with Gasteiger partial charge in [-0.15, -0.1) is 0 Å². The van der Waals surface area contributed by atoms with Crippen molar-refractivity contribution in [3.8, 4) is 0 Å². The van der Waals surface area contributed by atoms with E-state index in [9.17, 15) is 28.1 Å². The number of carbonyl (C=O) groups is 1. The third-order valence-electron chi connectivity index (χ3n) is 5.05. The second-order valence-electron chi connectivity index (χ2n) is 7.09. The molecule has 1 aliphatic carbocycles. The Morgan fingerprint density at radius 1 is 1.14 bits per heavy atom. The number of nitrogens with one attached hydrogen (secondary N) is 2. The number of amides is 1. The molecule has 29 heavy (non-hydrogen) atoms. The van der Waals surface area contributed by atoms with Crippen molar-refractivity contribution in [2.24, 2.45) is 0 Å². The third kappa shape index (κ3) is 5.04. The Morgan fingerprint density at radius 3 is 2.41 bits per heavy atom. The molecule has 1 fully saturated rings. The largest absolute Gasteiger partial charge is 0.416 e. The number of halogens is 3. The molecule has 6 nitrogen and oxygen atoms in total. The number of carbonyl (C=O) groups excluding carboxylic acids is 1. The van der Waals surface area contributed by atoms with Crippen molar-refractivity contribution in [1.82, 2.24) is 5.32 Å². The highest BCUT2D eigenvalue weighted by molar-refractivity contribution is 5.77. The quantitative estimate of drug-likeness (QED) is 0.506. The van der Waals surface area contributed by atoms with Gasteiger partial charge in [0.1, 0.15) is 5.69 Å². The molecule has 0 atom stereocenters. The lowest BCUT2D eigenvalue weighted by Gasteiger charge is -2.16. The summed E-state index contributed by atoms with van der Waals surface area (Å²) in [6.45, 7) is 0.576. The van der Waals surface area contributed by atoms with Crippen LogP contribution in [0.5, 0.6) is 0 Å². The summed E-state index contributed by atoms with van der Waals surface area (Å²) >= 11 is 0. The Morgan fingerprint density at radius 2 is 1.83 bits per heavy atom. The second kappa shape index (κ2) is 8.10. The zero-order valence-corrected chi connectivity index (χ0v) is 15.5. The van der Waals surface area contributed by atoms with Crippen molar-refractivity contribution in [2.75, 3.05) is 18.4 Å². The third-order valence-corrected chi connectivity index (χ3v) is 5.05. The van der Waals surface area contributed by atoms with Crippen molar-refractivity contribution < 1.29 is 22.9 Å². The fourth-order valence-electron chi connectivity index (χ4n) is 3.19. The van der Waals surface area contributed by atoms with E-state index < -0.39 is 22.4 Å². The first kappa shape index (κ1) is 20.6. The maximum absolute atomic E-state index is 12.7. The molecule has 2 N–H and O–H groups in total. The van der Waals surface area contributed by atoms with Gasteiger partial charge in [0.15, 0.2) is 0 Å². The molecule has 154 valence electrons. The molecule has 9 heteroatoms. The lowest BCUT2D eigenvalue weighted by Crippen LogP contribution is -2.33. The maximum atomic E-state index is 12.7. The SMILES string of the molecule is O=C(CCNc1ccc(C(F)(F)F)cc1[N+](=O)[O-])NCC1(c2ccccc2)CC1. The lowest BCUT2D eigenvalue weighted by atomic mass is 9.96. The average Bonchev–Trinajstić information content (AvgIpc) is 3.47. The summed E-state index contributed by atoms with van der Waals surface area (Å²) in [5, 5.41) is 16.6. The number of hydrogen-bond donors (Lipinski definition) is 2. The minimum Gasteiger partial charge on any atom is -0.379 e. The number of nitro benzene ring substituents is 1. The van der Waals surface area contributed by atoms with Crippen molar-refractivity contribution in [2.45, 2.75) is 30.9 Å². The molecule has 3 rings (SSSR count). The highest BCUT2D eigenvalue weighted by Crippen LogP contribution is 2.47. The Bertz CT molecular complexity index is 897. The van der Waals surface area contributed by atoms with E-state index in [-0.39, 0.29) is 30.0 Å². The fraction of sp³-hybridized carbons (Fsp3) is 0.350. The van der Waals surface area contributed by atoms with Crippen LogP contribution in [0.2, 0.25) is 0 Å². The van der Waals surface area contributed by atoms with Gasteiger partial charge < -0.3 is 10.6 Å². The summed E-state index contributed by atoms with van der Waals surface area (Å²) in [7, 11) is 0. The number of rotatable bonds is 8. The number of alkyl halides is 3. The van der Waals surface area contributed by atoms with E-state index in [1.165, 1.54) is 5.56 Å². The van der Waals surface area contributed by atoms with Gasteiger partial charge in [-0.1, -0.05) is 30.3 Å². The molecule has 0 unspecified atom stereocenters. The highest BCUT2D eigenvalue weighted by atomic mass is 19.4. The van der Waals surface area contributed by atoms with Crippen LogP contribution < -0.4 is 10.6 Å². The van der Waals surface area contributed by atoms with Gasteiger partial charge in [0.25, 0.3) is 5.69 Å². The van der Waals surface area contributed by atoms with Crippen LogP contribution >= 0.6 is 0 Å². The normalized spacial score (nSPS) is 14.9. The average molecular weight is 407 g/mol. The molecule has 0 heterocycles. The van der Waals surface area contributed by atoms with Crippen LogP contribution in [0.25, 0.3) is 0 Å². The van der Waals surface area contributed by atoms with Crippen molar-refractivity contribution >= 4 is 17.3 Å². The van der Waals surface area contributed by atoms with E-state index in [0.29, 0.717) is 12.6 Å². The maximum Gasteiger partial charge on any atom is 0.416 e. The summed E-state index contributed by atoms with van der Waals surface area (Å²) in [6.07, 6.45) is -2.63. The van der Waals surface area contributed by atoms with E-state index in [2.05, 4.69) is 10.6 Å². The Hall–Kier alpha value is -3.10. The smallest absolute Gasteiger partial charge is 0.379 e. The Balaban J connectivity index is 1.52. The van der Waals surface area contributed by atoms with Gasteiger partial charge in [0, 0.05) is 31.0 Å². The molecular weight excluding hydrogens is 387 g/mol. The van der Waals surface area contributed by atoms with Crippen LogP contribution in [0.3, 0.4) is 0 Å². The van der Waals surface area contributed by atoms with Crippen molar-refractivity contribution in [3.05, 3.63) is 69.8 Å². The minimum atomic E-state index is -4.67. The summed E-state index contributed by atoms with van der Waals surface area (Å²) in [5.74, 6) is -0.228. The predicted molar refractivity (Wildman–Crippen MR) is 102 cm³/mol.